The minimum absolute atomic E-state index is 0. The molecular formula is C28H27Cl2F4N5O2. The minimum Gasteiger partial charge on any atom is -0.406 e. The van der Waals surface area contributed by atoms with Crippen LogP contribution in [0.15, 0.2) is 60.8 Å². The molecule has 0 radical (unpaired) electrons. The minimum atomic E-state index is -4.74. The van der Waals surface area contributed by atoms with E-state index >= 15 is 4.39 Å². The first-order valence-electron chi connectivity index (χ1n) is 12.6. The highest BCUT2D eigenvalue weighted by Crippen LogP contribution is 2.29. The van der Waals surface area contributed by atoms with E-state index in [1.54, 1.807) is 40.9 Å². The largest absolute Gasteiger partial charge is 0.573 e. The van der Waals surface area contributed by atoms with Gasteiger partial charge in [-0.25, -0.2) is 9.37 Å². The number of fused-ring (bicyclic) bond motifs is 1. The fourth-order valence-electron chi connectivity index (χ4n) is 4.91. The van der Waals surface area contributed by atoms with E-state index in [0.29, 0.717) is 36.5 Å². The van der Waals surface area contributed by atoms with E-state index in [2.05, 4.69) is 19.9 Å². The predicted molar refractivity (Wildman–Crippen MR) is 152 cm³/mol. The molecule has 1 aliphatic heterocycles. The highest BCUT2D eigenvalue weighted by atomic mass is 35.5. The Kier molecular flexibility index (Phi) is 8.89. The molecule has 0 saturated carbocycles. The molecule has 1 fully saturated rings. The van der Waals surface area contributed by atoms with Gasteiger partial charge in [-0.2, -0.15) is 0 Å². The number of benzene rings is 2. The molecule has 0 spiro atoms. The first-order chi connectivity index (χ1) is 19.0. The number of amides is 1. The van der Waals surface area contributed by atoms with Crippen LogP contribution in [0.4, 0.5) is 28.9 Å². The number of anilines is 2. The van der Waals surface area contributed by atoms with Crippen LogP contribution >= 0.6 is 24.0 Å². The van der Waals surface area contributed by atoms with Crippen molar-refractivity contribution >= 4 is 46.9 Å². The third kappa shape index (κ3) is 6.79. The molecule has 7 nitrogen and oxygen atoms in total. The van der Waals surface area contributed by atoms with Crippen LogP contribution in [0.3, 0.4) is 0 Å². The molecule has 3 heterocycles. The van der Waals surface area contributed by atoms with Crippen LogP contribution in [0.25, 0.3) is 5.65 Å². The number of halogens is 6. The zero-order chi connectivity index (χ0) is 28.6. The summed E-state index contributed by atoms with van der Waals surface area (Å²) in [4.78, 5) is 21.1. The third-order valence-corrected chi connectivity index (χ3v) is 7.04. The molecule has 1 amide bonds. The second-order valence-corrected chi connectivity index (χ2v) is 10.0. The zero-order valence-electron chi connectivity index (χ0n) is 22.1. The molecule has 1 N–H and O–H groups in total. The number of carbonyl (C=O) groups excluding carboxylic acids is 1. The van der Waals surface area contributed by atoms with Crippen molar-refractivity contribution < 1.29 is 27.1 Å². The quantitative estimate of drug-likeness (QED) is 0.256. The Balaban J connectivity index is 0.00000387. The summed E-state index contributed by atoms with van der Waals surface area (Å²) in [6.45, 7) is 5.56. The van der Waals surface area contributed by atoms with Gasteiger partial charge in [0.25, 0.3) is 5.91 Å². The molecule has 41 heavy (non-hydrogen) atoms. The summed E-state index contributed by atoms with van der Waals surface area (Å²) < 4.78 is 58.1. The van der Waals surface area contributed by atoms with Gasteiger partial charge in [0, 0.05) is 44.1 Å². The number of hydrogen-bond acceptors (Lipinski definition) is 5. The lowest BCUT2D eigenvalue weighted by Crippen LogP contribution is -2.52. The summed E-state index contributed by atoms with van der Waals surface area (Å²) in [5.74, 6) is -1.11. The number of alkyl halides is 3. The number of piperazine rings is 1. The van der Waals surface area contributed by atoms with E-state index in [1.807, 2.05) is 24.8 Å². The average Bonchev–Trinajstić information content (AvgIpc) is 3.22. The van der Waals surface area contributed by atoms with E-state index < -0.39 is 18.1 Å². The highest BCUT2D eigenvalue weighted by Gasteiger charge is 2.31. The van der Waals surface area contributed by atoms with Gasteiger partial charge < -0.3 is 19.9 Å². The molecule has 1 aliphatic rings. The summed E-state index contributed by atoms with van der Waals surface area (Å²) in [7, 11) is 0. The number of nitrogens with one attached hydrogen (secondary N) is 1. The smallest absolute Gasteiger partial charge is 0.406 e. The Hall–Kier alpha value is -3.70. The molecule has 218 valence electrons. The van der Waals surface area contributed by atoms with Crippen molar-refractivity contribution in [1.29, 1.82) is 0 Å². The maximum Gasteiger partial charge on any atom is 0.573 e. The van der Waals surface area contributed by atoms with Gasteiger partial charge in [-0.1, -0.05) is 23.7 Å². The number of pyridine rings is 1. The number of rotatable bonds is 6. The van der Waals surface area contributed by atoms with E-state index in [0.717, 1.165) is 11.3 Å². The van der Waals surface area contributed by atoms with Crippen molar-refractivity contribution in [1.82, 2.24) is 14.7 Å². The topological polar surface area (TPSA) is 62.1 Å². The zero-order valence-corrected chi connectivity index (χ0v) is 23.7. The Morgan fingerprint density at radius 1 is 1.12 bits per heavy atom. The second kappa shape index (κ2) is 12.0. The monoisotopic (exact) mass is 611 g/mol. The molecular weight excluding hydrogens is 585 g/mol. The summed E-state index contributed by atoms with van der Waals surface area (Å²) in [6.07, 6.45) is -2.97. The van der Waals surface area contributed by atoms with Crippen molar-refractivity contribution in [2.45, 2.75) is 32.8 Å². The normalized spacial score (nSPS) is 15.5. The lowest BCUT2D eigenvalue weighted by atomic mass is 10.1. The molecule has 2 aromatic carbocycles. The number of ether oxygens (including phenoxy) is 1. The van der Waals surface area contributed by atoms with Gasteiger partial charge in [0.05, 0.1) is 5.69 Å². The summed E-state index contributed by atoms with van der Waals surface area (Å²) in [5.41, 5.74) is 3.50. The fourth-order valence-corrected chi connectivity index (χ4v) is 5.17. The van der Waals surface area contributed by atoms with Gasteiger partial charge >= 0.3 is 6.36 Å². The average molecular weight is 612 g/mol. The van der Waals surface area contributed by atoms with E-state index in [-0.39, 0.29) is 41.6 Å². The van der Waals surface area contributed by atoms with Crippen molar-refractivity contribution in [3.63, 3.8) is 0 Å². The van der Waals surface area contributed by atoms with Crippen LogP contribution in [0.1, 0.15) is 28.5 Å². The van der Waals surface area contributed by atoms with Gasteiger partial charge in [0.15, 0.2) is 10.8 Å². The molecule has 5 rings (SSSR count). The van der Waals surface area contributed by atoms with Crippen molar-refractivity contribution in [2.24, 2.45) is 0 Å². The van der Waals surface area contributed by atoms with Gasteiger partial charge in [0.1, 0.15) is 17.2 Å². The molecule has 1 atom stereocenters. The Bertz CT molecular complexity index is 1550. The summed E-state index contributed by atoms with van der Waals surface area (Å²) >= 11 is 6.21. The standard InChI is InChI=1S/C28H26ClF4N5O2.ClH/c1-17-3-10-24-35-26(29)25(38(24)15-17)27(39)34-14-19-4-9-23(22(30)13-19)36-11-12-37(18(2)16-36)20-5-7-21(8-6-20)40-28(31,32)33;/h3-10,13,15,18H,11-12,14,16H2,1-2H3,(H,34,39);1H/t18-;/m0./s1. The molecule has 2 aromatic heterocycles. The van der Waals surface area contributed by atoms with Crippen LogP contribution < -0.4 is 19.9 Å². The van der Waals surface area contributed by atoms with Crippen LogP contribution in [-0.4, -0.2) is 47.3 Å². The highest BCUT2D eigenvalue weighted by molar-refractivity contribution is 6.32. The van der Waals surface area contributed by atoms with Crippen LogP contribution in [0.2, 0.25) is 5.15 Å². The summed E-state index contributed by atoms with van der Waals surface area (Å²) in [6, 6.07) is 14.2. The predicted octanol–water partition coefficient (Wildman–Crippen LogP) is 6.40. The Morgan fingerprint density at radius 3 is 2.51 bits per heavy atom. The number of hydrogen-bond donors (Lipinski definition) is 1. The molecule has 0 unspecified atom stereocenters. The number of carbonyl (C=O) groups is 1. The molecule has 0 bridgehead atoms. The van der Waals surface area contributed by atoms with Crippen LogP contribution in [0.5, 0.6) is 5.75 Å². The van der Waals surface area contributed by atoms with Crippen LogP contribution in [-0.2, 0) is 6.54 Å². The summed E-state index contributed by atoms with van der Waals surface area (Å²) in [5, 5.41) is 2.87. The van der Waals surface area contributed by atoms with Gasteiger partial charge in [0.2, 0.25) is 0 Å². The van der Waals surface area contributed by atoms with E-state index in [1.165, 1.54) is 18.2 Å². The number of nitrogens with zero attached hydrogens (tertiary/aromatic N) is 4. The Labute approximate surface area is 245 Å². The first kappa shape index (κ1) is 30.3. The first-order valence-corrected chi connectivity index (χ1v) is 12.9. The van der Waals surface area contributed by atoms with Gasteiger partial charge in [-0.05, 0) is 67.4 Å². The Morgan fingerprint density at radius 2 is 1.85 bits per heavy atom. The van der Waals surface area contributed by atoms with Gasteiger partial charge in [-0.15, -0.1) is 25.6 Å². The molecule has 0 aliphatic carbocycles. The lowest BCUT2D eigenvalue weighted by molar-refractivity contribution is -0.274. The molecule has 13 heteroatoms. The number of imidazole rings is 1. The number of aryl methyl sites for hydroxylation is 1. The fraction of sp³-hybridized carbons (Fsp3) is 0.286. The lowest BCUT2D eigenvalue weighted by Gasteiger charge is -2.42. The molecule has 4 aromatic rings. The maximum absolute atomic E-state index is 15.2. The third-order valence-electron chi connectivity index (χ3n) is 6.77. The van der Waals surface area contributed by atoms with Crippen molar-refractivity contribution in [3.05, 3.63) is 88.6 Å². The second-order valence-electron chi connectivity index (χ2n) is 9.68. The van der Waals surface area contributed by atoms with Crippen molar-refractivity contribution in [3.8, 4) is 5.75 Å². The molecule has 1 saturated heterocycles. The van der Waals surface area contributed by atoms with Gasteiger partial charge in [-0.3, -0.25) is 9.20 Å². The maximum atomic E-state index is 15.2. The SMILES string of the molecule is Cc1ccc2nc(Cl)c(C(=O)NCc3ccc(N4CCN(c5ccc(OC(F)(F)F)cc5)[C@@H](C)C4)c(F)c3)n2c1.Cl. The van der Waals surface area contributed by atoms with Crippen molar-refractivity contribution in [2.75, 3.05) is 29.4 Å². The van der Waals surface area contributed by atoms with Crippen LogP contribution in [0, 0.1) is 12.7 Å². The van der Waals surface area contributed by atoms with E-state index in [9.17, 15) is 18.0 Å². The number of aromatic nitrogens is 2. The van der Waals surface area contributed by atoms with E-state index in [4.69, 9.17) is 11.6 Å².